The summed E-state index contributed by atoms with van der Waals surface area (Å²) >= 11 is 0. The minimum atomic E-state index is -0.0734. The van der Waals surface area contributed by atoms with Gasteiger partial charge >= 0.3 is 6.03 Å². The van der Waals surface area contributed by atoms with Gasteiger partial charge in [0.15, 0.2) is 0 Å². The van der Waals surface area contributed by atoms with Gasteiger partial charge in [0.05, 0.1) is 5.69 Å². The van der Waals surface area contributed by atoms with Gasteiger partial charge in [-0.05, 0) is 45.1 Å². The fourth-order valence-electron chi connectivity index (χ4n) is 2.44. The zero-order chi connectivity index (χ0) is 16.1. The van der Waals surface area contributed by atoms with Crippen LogP contribution in [0.15, 0.2) is 36.4 Å². The molecule has 0 aromatic heterocycles. The molecular weight excluding hydrogens is 278 g/mol. The van der Waals surface area contributed by atoms with Crippen LogP contribution in [0, 0.1) is 0 Å². The van der Waals surface area contributed by atoms with Crippen LogP contribution < -0.4 is 10.1 Å². The van der Waals surface area contributed by atoms with Crippen molar-refractivity contribution in [3.05, 3.63) is 36.4 Å². The van der Waals surface area contributed by atoms with Gasteiger partial charge in [-0.25, -0.2) is 4.79 Å². The van der Waals surface area contributed by atoms with E-state index in [4.69, 9.17) is 4.74 Å². The number of amides is 2. The maximum absolute atomic E-state index is 12.4. The van der Waals surface area contributed by atoms with Crippen LogP contribution in [0.4, 0.5) is 10.5 Å². The monoisotopic (exact) mass is 303 g/mol. The van der Waals surface area contributed by atoms with E-state index in [1.54, 1.807) is 0 Å². The lowest BCUT2D eigenvalue weighted by atomic mass is 10.2. The van der Waals surface area contributed by atoms with Crippen LogP contribution in [0.5, 0.6) is 5.75 Å². The number of likely N-dealkylation sites (N-methyl/N-ethyl adjacent to an activating group) is 1. The molecule has 1 N–H and O–H groups in total. The van der Waals surface area contributed by atoms with E-state index in [0.717, 1.165) is 25.1 Å². The molecule has 0 radical (unpaired) electrons. The van der Waals surface area contributed by atoms with Crippen molar-refractivity contribution in [2.45, 2.75) is 19.4 Å². The molecule has 0 spiro atoms. The standard InChI is InChI=1S/C17H25N3O2/c1-13(2)12-22-16-8-6-5-7-15(16)18-17(21)20-10-9-14(11-20)19(3)4/h5-8,14H,1,9-12H2,2-4H3,(H,18,21)/t14-/m1/s1. The Bertz CT molecular complexity index is 542. The van der Waals surface area contributed by atoms with Crippen molar-refractivity contribution < 1.29 is 9.53 Å². The molecule has 1 aromatic carbocycles. The van der Waals surface area contributed by atoms with Gasteiger partial charge in [0.1, 0.15) is 12.4 Å². The largest absolute Gasteiger partial charge is 0.487 e. The number of ether oxygens (including phenoxy) is 1. The molecule has 1 aliphatic rings. The number of carbonyl (C=O) groups is 1. The summed E-state index contributed by atoms with van der Waals surface area (Å²) in [7, 11) is 4.10. The summed E-state index contributed by atoms with van der Waals surface area (Å²) in [5.74, 6) is 0.669. The third-order valence-corrected chi connectivity index (χ3v) is 3.78. The number of benzene rings is 1. The molecule has 5 nitrogen and oxygen atoms in total. The Kier molecular flexibility index (Phi) is 5.44. The molecule has 0 aliphatic carbocycles. The summed E-state index contributed by atoms with van der Waals surface area (Å²) in [4.78, 5) is 16.4. The van der Waals surface area contributed by atoms with Gasteiger partial charge in [0.2, 0.25) is 0 Å². The maximum Gasteiger partial charge on any atom is 0.322 e. The molecule has 2 amide bonds. The summed E-state index contributed by atoms with van der Waals surface area (Å²) < 4.78 is 5.68. The molecule has 120 valence electrons. The molecule has 0 saturated carbocycles. The van der Waals surface area contributed by atoms with E-state index < -0.39 is 0 Å². The number of para-hydroxylation sites is 2. The van der Waals surface area contributed by atoms with Gasteiger partial charge in [0.25, 0.3) is 0 Å². The summed E-state index contributed by atoms with van der Waals surface area (Å²) in [6, 6.07) is 7.84. The van der Waals surface area contributed by atoms with E-state index in [2.05, 4.69) is 16.8 Å². The second kappa shape index (κ2) is 7.31. The molecule has 1 saturated heterocycles. The minimum absolute atomic E-state index is 0.0734. The van der Waals surface area contributed by atoms with Crippen molar-refractivity contribution in [1.29, 1.82) is 0 Å². The highest BCUT2D eigenvalue weighted by atomic mass is 16.5. The molecule has 2 rings (SSSR count). The van der Waals surface area contributed by atoms with Crippen LogP contribution in [0.2, 0.25) is 0 Å². The van der Waals surface area contributed by atoms with Crippen molar-refractivity contribution in [2.75, 3.05) is 39.1 Å². The summed E-state index contributed by atoms with van der Waals surface area (Å²) in [6.07, 6.45) is 1.01. The number of carbonyl (C=O) groups excluding carboxylic acids is 1. The van der Waals surface area contributed by atoms with E-state index >= 15 is 0 Å². The predicted octanol–water partition coefficient (Wildman–Crippen LogP) is 2.81. The Balaban J connectivity index is 1.98. The molecule has 1 aliphatic heterocycles. The zero-order valence-corrected chi connectivity index (χ0v) is 13.6. The first-order valence-corrected chi connectivity index (χ1v) is 7.56. The second-order valence-electron chi connectivity index (χ2n) is 6.02. The predicted molar refractivity (Wildman–Crippen MR) is 89.4 cm³/mol. The first-order valence-electron chi connectivity index (χ1n) is 7.56. The molecule has 1 aromatic rings. The first-order chi connectivity index (χ1) is 10.5. The van der Waals surface area contributed by atoms with Crippen LogP contribution in [-0.2, 0) is 0 Å². The number of hydrogen-bond acceptors (Lipinski definition) is 3. The highest BCUT2D eigenvalue weighted by Crippen LogP contribution is 2.25. The van der Waals surface area contributed by atoms with Crippen molar-refractivity contribution in [3.8, 4) is 5.75 Å². The first kappa shape index (κ1) is 16.4. The fourth-order valence-corrected chi connectivity index (χ4v) is 2.44. The van der Waals surface area contributed by atoms with E-state index in [1.165, 1.54) is 0 Å². The average molecular weight is 303 g/mol. The lowest BCUT2D eigenvalue weighted by Crippen LogP contribution is -2.36. The van der Waals surface area contributed by atoms with E-state index in [1.807, 2.05) is 50.2 Å². The molecule has 1 atom stereocenters. The third kappa shape index (κ3) is 4.24. The van der Waals surface area contributed by atoms with Gasteiger partial charge in [-0.15, -0.1) is 0 Å². The van der Waals surface area contributed by atoms with E-state index in [0.29, 0.717) is 24.1 Å². The summed E-state index contributed by atoms with van der Waals surface area (Å²) in [5.41, 5.74) is 1.64. The fraction of sp³-hybridized carbons (Fsp3) is 0.471. The average Bonchev–Trinajstić information content (AvgIpc) is 2.96. The van der Waals surface area contributed by atoms with Crippen molar-refractivity contribution >= 4 is 11.7 Å². The van der Waals surface area contributed by atoms with Crippen LogP contribution in [0.25, 0.3) is 0 Å². The highest BCUT2D eigenvalue weighted by molar-refractivity contribution is 5.91. The number of hydrogen-bond donors (Lipinski definition) is 1. The van der Waals surface area contributed by atoms with Crippen LogP contribution >= 0.6 is 0 Å². The molecule has 0 unspecified atom stereocenters. The number of nitrogens with zero attached hydrogens (tertiary/aromatic N) is 2. The minimum Gasteiger partial charge on any atom is -0.487 e. The topological polar surface area (TPSA) is 44.8 Å². The maximum atomic E-state index is 12.4. The highest BCUT2D eigenvalue weighted by Gasteiger charge is 2.27. The zero-order valence-electron chi connectivity index (χ0n) is 13.6. The lowest BCUT2D eigenvalue weighted by molar-refractivity contribution is 0.216. The SMILES string of the molecule is C=C(C)COc1ccccc1NC(=O)N1CC[C@@H](N(C)C)C1. The molecule has 0 bridgehead atoms. The summed E-state index contributed by atoms with van der Waals surface area (Å²) in [5, 5.41) is 2.95. The molecule has 22 heavy (non-hydrogen) atoms. The normalized spacial score (nSPS) is 17.6. The van der Waals surface area contributed by atoms with Gasteiger partial charge in [-0.2, -0.15) is 0 Å². The Morgan fingerprint density at radius 1 is 1.45 bits per heavy atom. The van der Waals surface area contributed by atoms with Gasteiger partial charge < -0.3 is 19.9 Å². The van der Waals surface area contributed by atoms with E-state index in [9.17, 15) is 4.79 Å². The summed E-state index contributed by atoms with van der Waals surface area (Å²) in [6.45, 7) is 7.72. The Labute approximate surface area is 132 Å². The molecular formula is C17H25N3O2. The number of urea groups is 1. The number of anilines is 1. The van der Waals surface area contributed by atoms with Crippen LogP contribution in [0.3, 0.4) is 0 Å². The smallest absolute Gasteiger partial charge is 0.322 e. The molecule has 1 fully saturated rings. The number of nitrogens with one attached hydrogen (secondary N) is 1. The second-order valence-corrected chi connectivity index (χ2v) is 6.02. The van der Waals surface area contributed by atoms with Crippen molar-refractivity contribution in [1.82, 2.24) is 9.80 Å². The van der Waals surface area contributed by atoms with Crippen molar-refractivity contribution in [2.24, 2.45) is 0 Å². The van der Waals surface area contributed by atoms with Gasteiger partial charge in [-0.3, -0.25) is 0 Å². The Morgan fingerprint density at radius 3 is 2.82 bits per heavy atom. The Morgan fingerprint density at radius 2 is 2.18 bits per heavy atom. The quantitative estimate of drug-likeness (QED) is 0.851. The lowest BCUT2D eigenvalue weighted by Gasteiger charge is -2.21. The molecule has 1 heterocycles. The molecule has 5 heteroatoms. The number of rotatable bonds is 5. The number of likely N-dealkylation sites (tertiary alicyclic amines) is 1. The third-order valence-electron chi connectivity index (χ3n) is 3.78. The van der Waals surface area contributed by atoms with Crippen molar-refractivity contribution in [3.63, 3.8) is 0 Å². The van der Waals surface area contributed by atoms with Gasteiger partial charge in [-0.1, -0.05) is 18.7 Å². The Hall–Kier alpha value is -2.01. The van der Waals surface area contributed by atoms with E-state index in [-0.39, 0.29) is 6.03 Å². The van der Waals surface area contributed by atoms with Crippen LogP contribution in [0.1, 0.15) is 13.3 Å². The van der Waals surface area contributed by atoms with Gasteiger partial charge in [0, 0.05) is 19.1 Å². The van der Waals surface area contributed by atoms with Crippen LogP contribution in [-0.4, -0.2) is 55.7 Å².